The van der Waals surface area contributed by atoms with E-state index in [1.54, 1.807) is 33.8 Å². The van der Waals surface area contributed by atoms with E-state index in [9.17, 15) is 14.0 Å². The first-order chi connectivity index (χ1) is 9.12. The average Bonchev–Trinajstić information content (AvgIpc) is 2.29. The molecular formula is C14H19FN2O3. The molecule has 0 spiro atoms. The first-order valence-electron chi connectivity index (χ1n) is 6.18. The van der Waals surface area contributed by atoms with Crippen LogP contribution >= 0.6 is 0 Å². The number of aryl methyl sites for hydroxylation is 1. The highest BCUT2D eigenvalue weighted by Gasteiger charge is 2.32. The highest BCUT2D eigenvalue weighted by molar-refractivity contribution is 5.93. The minimum absolute atomic E-state index is 0.0445. The van der Waals surface area contributed by atoms with Crippen molar-refractivity contribution in [2.24, 2.45) is 5.41 Å². The third-order valence-corrected chi connectivity index (χ3v) is 2.85. The zero-order chi connectivity index (χ0) is 15.5. The largest absolute Gasteiger partial charge is 0.480 e. The van der Waals surface area contributed by atoms with Crippen molar-refractivity contribution in [3.8, 4) is 0 Å². The van der Waals surface area contributed by atoms with Gasteiger partial charge in [0.05, 0.1) is 5.69 Å². The second kappa shape index (κ2) is 5.90. The smallest absolute Gasteiger partial charge is 0.326 e. The molecule has 0 radical (unpaired) electrons. The van der Waals surface area contributed by atoms with Crippen molar-refractivity contribution in [2.45, 2.75) is 33.7 Å². The Hall–Kier alpha value is -2.11. The molecular weight excluding hydrogens is 263 g/mol. The zero-order valence-electron chi connectivity index (χ0n) is 12.0. The van der Waals surface area contributed by atoms with Crippen molar-refractivity contribution in [3.63, 3.8) is 0 Å². The number of rotatable bonds is 3. The van der Waals surface area contributed by atoms with Crippen molar-refractivity contribution in [1.29, 1.82) is 0 Å². The second-order valence-electron chi connectivity index (χ2n) is 5.67. The molecule has 2 amide bonds. The van der Waals surface area contributed by atoms with Crippen LogP contribution in [0.15, 0.2) is 18.2 Å². The van der Waals surface area contributed by atoms with Gasteiger partial charge in [0, 0.05) is 0 Å². The molecule has 1 atom stereocenters. The third-order valence-electron chi connectivity index (χ3n) is 2.85. The van der Waals surface area contributed by atoms with Crippen LogP contribution in [0.4, 0.5) is 14.9 Å². The number of halogens is 1. The Morgan fingerprint density at radius 2 is 1.90 bits per heavy atom. The summed E-state index contributed by atoms with van der Waals surface area (Å²) in [6.45, 7) is 6.73. The van der Waals surface area contributed by atoms with Gasteiger partial charge in [0.25, 0.3) is 0 Å². The number of carbonyl (C=O) groups excluding carboxylic acids is 1. The number of benzene rings is 1. The molecule has 0 aliphatic carbocycles. The fraction of sp³-hybridized carbons (Fsp3) is 0.429. The van der Waals surface area contributed by atoms with Crippen molar-refractivity contribution >= 4 is 17.7 Å². The molecule has 0 saturated carbocycles. The third kappa shape index (κ3) is 3.94. The fourth-order valence-corrected chi connectivity index (χ4v) is 1.72. The summed E-state index contributed by atoms with van der Waals surface area (Å²) < 4.78 is 13.6. The van der Waals surface area contributed by atoms with E-state index in [2.05, 4.69) is 10.6 Å². The lowest BCUT2D eigenvalue weighted by Crippen LogP contribution is -2.50. The lowest BCUT2D eigenvalue weighted by molar-refractivity contribution is -0.141. The van der Waals surface area contributed by atoms with Crippen molar-refractivity contribution in [3.05, 3.63) is 29.6 Å². The normalized spacial score (nSPS) is 12.7. The Morgan fingerprint density at radius 3 is 2.35 bits per heavy atom. The number of nitrogens with one attached hydrogen (secondary N) is 2. The summed E-state index contributed by atoms with van der Waals surface area (Å²) in [4.78, 5) is 23.0. The lowest BCUT2D eigenvalue weighted by atomic mass is 9.87. The SMILES string of the molecule is Cc1cccc(F)c1NC(=O)NC(C(=O)O)C(C)(C)C. The number of urea groups is 1. The van der Waals surface area contributed by atoms with E-state index in [0.29, 0.717) is 5.56 Å². The number of aliphatic carboxylic acids is 1. The summed E-state index contributed by atoms with van der Waals surface area (Å²) in [5.41, 5.74) is -0.0567. The Balaban J connectivity index is 2.84. The van der Waals surface area contributed by atoms with Crippen molar-refractivity contribution in [1.82, 2.24) is 5.32 Å². The van der Waals surface area contributed by atoms with Crippen LogP contribution in [0.25, 0.3) is 0 Å². The van der Waals surface area contributed by atoms with Gasteiger partial charge in [-0.1, -0.05) is 32.9 Å². The molecule has 1 unspecified atom stereocenters. The van der Waals surface area contributed by atoms with E-state index >= 15 is 0 Å². The van der Waals surface area contributed by atoms with Crippen molar-refractivity contribution in [2.75, 3.05) is 5.32 Å². The predicted octanol–water partition coefficient (Wildman–Crippen LogP) is 2.75. The molecule has 20 heavy (non-hydrogen) atoms. The Kier molecular flexibility index (Phi) is 4.70. The van der Waals surface area contributed by atoms with Crippen LogP contribution in [0.1, 0.15) is 26.3 Å². The summed E-state index contributed by atoms with van der Waals surface area (Å²) in [5.74, 6) is -1.71. The van der Waals surface area contributed by atoms with Crippen LogP contribution in [0.3, 0.4) is 0 Å². The molecule has 0 fully saturated rings. The molecule has 0 aliphatic rings. The van der Waals surface area contributed by atoms with Gasteiger partial charge >= 0.3 is 12.0 Å². The maximum absolute atomic E-state index is 13.6. The number of amides is 2. The lowest BCUT2D eigenvalue weighted by Gasteiger charge is -2.27. The molecule has 1 aromatic rings. The predicted molar refractivity (Wildman–Crippen MR) is 74.2 cm³/mol. The Morgan fingerprint density at radius 1 is 1.30 bits per heavy atom. The van der Waals surface area contributed by atoms with Crippen LogP contribution in [0.5, 0.6) is 0 Å². The minimum Gasteiger partial charge on any atom is -0.480 e. The van der Waals surface area contributed by atoms with Gasteiger partial charge in [0.15, 0.2) is 0 Å². The quantitative estimate of drug-likeness (QED) is 0.797. The molecule has 1 rings (SSSR count). The van der Waals surface area contributed by atoms with Gasteiger partial charge in [-0.25, -0.2) is 14.0 Å². The number of anilines is 1. The van der Waals surface area contributed by atoms with Crippen LogP contribution in [-0.2, 0) is 4.79 Å². The van der Waals surface area contributed by atoms with Crippen LogP contribution in [0.2, 0.25) is 0 Å². The summed E-state index contributed by atoms with van der Waals surface area (Å²) >= 11 is 0. The molecule has 0 bridgehead atoms. The maximum atomic E-state index is 13.6. The van der Waals surface area contributed by atoms with Gasteiger partial charge in [0.2, 0.25) is 0 Å². The molecule has 5 nitrogen and oxygen atoms in total. The molecule has 0 saturated heterocycles. The highest BCUT2D eigenvalue weighted by atomic mass is 19.1. The Labute approximate surface area is 117 Å². The Bertz CT molecular complexity index is 503. The first-order valence-corrected chi connectivity index (χ1v) is 6.18. The van der Waals surface area contributed by atoms with Gasteiger partial charge in [0.1, 0.15) is 11.9 Å². The second-order valence-corrected chi connectivity index (χ2v) is 5.67. The molecule has 1 aromatic carbocycles. The first kappa shape index (κ1) is 15.9. The number of hydrogen-bond donors (Lipinski definition) is 3. The average molecular weight is 282 g/mol. The van der Waals surface area contributed by atoms with Crippen LogP contribution in [0, 0.1) is 18.2 Å². The topological polar surface area (TPSA) is 78.4 Å². The summed E-state index contributed by atoms with van der Waals surface area (Å²) in [5, 5.41) is 13.8. The minimum atomic E-state index is -1.14. The van der Waals surface area contributed by atoms with Gasteiger partial charge in [-0.05, 0) is 24.0 Å². The standard InChI is InChI=1S/C14H19FN2O3/c1-8-6-5-7-9(15)10(8)16-13(20)17-11(12(18)19)14(2,3)4/h5-7,11H,1-4H3,(H,18,19)(H2,16,17,20). The van der Waals surface area contributed by atoms with Gasteiger partial charge < -0.3 is 15.7 Å². The highest BCUT2D eigenvalue weighted by Crippen LogP contribution is 2.21. The molecule has 0 aliphatic heterocycles. The van der Waals surface area contributed by atoms with Crippen molar-refractivity contribution < 1.29 is 19.1 Å². The monoisotopic (exact) mass is 282 g/mol. The number of carboxylic acids is 1. The molecule has 3 N–H and O–H groups in total. The van der Waals surface area contributed by atoms with Crippen LogP contribution < -0.4 is 10.6 Å². The van der Waals surface area contributed by atoms with E-state index < -0.39 is 29.3 Å². The van der Waals surface area contributed by atoms with Gasteiger partial charge in [-0.15, -0.1) is 0 Å². The number of carboxylic acid groups (broad SMARTS) is 1. The fourth-order valence-electron chi connectivity index (χ4n) is 1.72. The van der Waals surface area contributed by atoms with E-state index in [1.807, 2.05) is 0 Å². The maximum Gasteiger partial charge on any atom is 0.326 e. The summed E-state index contributed by atoms with van der Waals surface area (Å²) in [7, 11) is 0. The summed E-state index contributed by atoms with van der Waals surface area (Å²) in [6.07, 6.45) is 0. The van der Waals surface area contributed by atoms with E-state index in [-0.39, 0.29) is 5.69 Å². The number of para-hydroxylation sites is 1. The number of carbonyl (C=O) groups is 2. The molecule has 6 heteroatoms. The van der Waals surface area contributed by atoms with E-state index in [1.165, 1.54) is 12.1 Å². The van der Waals surface area contributed by atoms with Crippen LogP contribution in [-0.4, -0.2) is 23.1 Å². The van der Waals surface area contributed by atoms with Gasteiger partial charge in [-0.2, -0.15) is 0 Å². The summed E-state index contributed by atoms with van der Waals surface area (Å²) in [6, 6.07) is 2.58. The molecule has 0 heterocycles. The molecule has 0 aromatic heterocycles. The molecule has 110 valence electrons. The zero-order valence-corrected chi connectivity index (χ0v) is 12.0. The van der Waals surface area contributed by atoms with E-state index in [0.717, 1.165) is 0 Å². The van der Waals surface area contributed by atoms with E-state index in [4.69, 9.17) is 5.11 Å². The number of hydrogen-bond acceptors (Lipinski definition) is 2. The van der Waals surface area contributed by atoms with Gasteiger partial charge in [-0.3, -0.25) is 0 Å².